The molecule has 0 bridgehead atoms. The summed E-state index contributed by atoms with van der Waals surface area (Å²) in [4.78, 5) is 11.5. The highest BCUT2D eigenvalue weighted by Gasteiger charge is 2.33. The minimum Gasteiger partial charge on any atom is -0.485 e. The Balaban J connectivity index is 2.08. The fourth-order valence-corrected chi connectivity index (χ4v) is 4.17. The molecule has 0 radical (unpaired) electrons. The highest BCUT2D eigenvalue weighted by molar-refractivity contribution is 7.88. The van der Waals surface area contributed by atoms with Crippen molar-refractivity contribution in [3.8, 4) is 22.6 Å². The van der Waals surface area contributed by atoms with Crippen LogP contribution in [0.3, 0.4) is 0 Å². The molecular formula is C21H23F2NO6S. The summed E-state index contributed by atoms with van der Waals surface area (Å²) in [7, 11) is -3.79. The number of aliphatic carboxylic acids is 1. The predicted molar refractivity (Wildman–Crippen MR) is 109 cm³/mol. The van der Waals surface area contributed by atoms with Gasteiger partial charge in [0.15, 0.2) is 0 Å². The molecule has 0 aromatic heterocycles. The Morgan fingerprint density at radius 2 is 2.00 bits per heavy atom. The Labute approximate surface area is 178 Å². The number of hydrogen-bond acceptors (Lipinski definition) is 5. The zero-order valence-electron chi connectivity index (χ0n) is 17.0. The molecule has 1 atom stereocenters. The number of alkyl halides is 2. The van der Waals surface area contributed by atoms with Crippen LogP contribution in [-0.2, 0) is 20.6 Å². The lowest BCUT2D eigenvalue weighted by Crippen LogP contribution is -2.26. The van der Waals surface area contributed by atoms with Gasteiger partial charge in [0.25, 0.3) is 0 Å². The number of carboxylic acid groups (broad SMARTS) is 1. The fourth-order valence-electron chi connectivity index (χ4n) is 3.53. The first kappa shape index (κ1) is 23.0. The van der Waals surface area contributed by atoms with Gasteiger partial charge in [-0.05, 0) is 49.9 Å². The highest BCUT2D eigenvalue weighted by atomic mass is 32.2. The maximum atomic E-state index is 12.9. The number of ether oxygens (including phenoxy) is 2. The number of benzene rings is 2. The van der Waals surface area contributed by atoms with E-state index in [0.717, 1.165) is 0 Å². The molecule has 7 nitrogen and oxygen atoms in total. The zero-order valence-corrected chi connectivity index (χ0v) is 17.8. The molecular weight excluding hydrogens is 432 g/mol. The molecule has 0 saturated carbocycles. The minimum atomic E-state index is -3.79. The molecule has 0 spiro atoms. The molecule has 0 amide bonds. The number of sulfonamides is 1. The number of hydrogen-bond donors (Lipinski definition) is 2. The minimum absolute atomic E-state index is 0.0720. The average molecular weight is 455 g/mol. The van der Waals surface area contributed by atoms with E-state index in [0.29, 0.717) is 34.4 Å². The van der Waals surface area contributed by atoms with E-state index < -0.39 is 39.9 Å². The van der Waals surface area contributed by atoms with Crippen LogP contribution in [0.2, 0.25) is 0 Å². The summed E-state index contributed by atoms with van der Waals surface area (Å²) in [6.07, 6.45) is -0.0258. The Hall–Kier alpha value is -2.72. The molecule has 0 saturated heterocycles. The largest absolute Gasteiger partial charge is 0.485 e. The topological polar surface area (TPSA) is 116 Å². The Kier molecular flexibility index (Phi) is 6.24. The monoisotopic (exact) mass is 455 g/mol. The van der Waals surface area contributed by atoms with Gasteiger partial charge in [0.1, 0.15) is 17.6 Å². The lowest BCUT2D eigenvalue weighted by Gasteiger charge is -2.32. The van der Waals surface area contributed by atoms with Gasteiger partial charge in [-0.2, -0.15) is 8.78 Å². The number of carboxylic acids is 1. The summed E-state index contributed by atoms with van der Waals surface area (Å²) in [5.74, 6) is -1.12. The van der Waals surface area contributed by atoms with E-state index in [1.165, 1.54) is 12.1 Å². The molecule has 0 aliphatic carbocycles. The van der Waals surface area contributed by atoms with Gasteiger partial charge in [0, 0.05) is 5.56 Å². The molecule has 31 heavy (non-hydrogen) atoms. The molecule has 1 aliphatic rings. The quantitative estimate of drug-likeness (QED) is 0.620. The van der Waals surface area contributed by atoms with Crippen molar-refractivity contribution in [3.63, 3.8) is 0 Å². The standard InChI is InChI=1S/C21H23F2NO6S/c1-21(2,19(25)26)9-8-15-14-10-12(11-31(24,27)28)6-7-13(14)18-16(29-15)4-3-5-17(18)30-20(22)23/h3-7,10,15,20H,8-9,11H2,1-2H3,(H,25,26)(H2,24,27,28). The summed E-state index contributed by atoms with van der Waals surface area (Å²) in [5.41, 5.74) is 0.827. The van der Waals surface area contributed by atoms with Crippen LogP contribution in [0, 0.1) is 5.41 Å². The fraction of sp³-hybridized carbons (Fsp3) is 0.381. The van der Waals surface area contributed by atoms with Crippen molar-refractivity contribution in [1.29, 1.82) is 0 Å². The lowest BCUT2D eigenvalue weighted by atomic mass is 9.83. The molecule has 1 heterocycles. The van der Waals surface area contributed by atoms with Gasteiger partial charge in [-0.25, -0.2) is 13.6 Å². The molecule has 2 aromatic carbocycles. The third-order valence-electron chi connectivity index (χ3n) is 5.18. The smallest absolute Gasteiger partial charge is 0.387 e. The number of fused-ring (bicyclic) bond motifs is 3. The molecule has 1 aliphatic heterocycles. The van der Waals surface area contributed by atoms with E-state index >= 15 is 0 Å². The Morgan fingerprint density at radius 1 is 1.29 bits per heavy atom. The molecule has 1 unspecified atom stereocenters. The zero-order chi connectivity index (χ0) is 23.0. The predicted octanol–water partition coefficient (Wildman–Crippen LogP) is 4.07. The van der Waals surface area contributed by atoms with E-state index in [-0.39, 0.29) is 12.2 Å². The third-order valence-corrected chi connectivity index (χ3v) is 5.92. The molecule has 10 heteroatoms. The van der Waals surface area contributed by atoms with Crippen LogP contribution in [0.25, 0.3) is 11.1 Å². The first-order valence-corrected chi connectivity index (χ1v) is 11.2. The van der Waals surface area contributed by atoms with Gasteiger partial charge in [-0.15, -0.1) is 0 Å². The van der Waals surface area contributed by atoms with Crippen molar-refractivity contribution >= 4 is 16.0 Å². The van der Waals surface area contributed by atoms with Crippen molar-refractivity contribution in [2.75, 3.05) is 0 Å². The van der Waals surface area contributed by atoms with Crippen molar-refractivity contribution in [1.82, 2.24) is 0 Å². The summed E-state index contributed by atoms with van der Waals surface area (Å²) in [6, 6.07) is 9.30. The maximum Gasteiger partial charge on any atom is 0.387 e. The summed E-state index contributed by atoms with van der Waals surface area (Å²) in [5, 5.41) is 14.6. The van der Waals surface area contributed by atoms with Gasteiger partial charge < -0.3 is 14.6 Å². The Bertz CT molecular complexity index is 1100. The van der Waals surface area contributed by atoms with Crippen LogP contribution in [-0.4, -0.2) is 26.1 Å². The van der Waals surface area contributed by atoms with Crippen molar-refractivity contribution in [3.05, 3.63) is 47.5 Å². The summed E-state index contributed by atoms with van der Waals surface area (Å²) >= 11 is 0. The average Bonchev–Trinajstić information content (AvgIpc) is 2.64. The number of rotatable bonds is 8. The van der Waals surface area contributed by atoms with Crippen LogP contribution in [0.5, 0.6) is 11.5 Å². The number of primary sulfonamides is 1. The van der Waals surface area contributed by atoms with Crippen LogP contribution in [0.4, 0.5) is 8.78 Å². The lowest BCUT2D eigenvalue weighted by molar-refractivity contribution is -0.147. The van der Waals surface area contributed by atoms with E-state index in [9.17, 15) is 27.1 Å². The third kappa shape index (κ3) is 5.31. The van der Waals surface area contributed by atoms with Gasteiger partial charge in [-0.1, -0.05) is 24.3 Å². The second-order valence-electron chi connectivity index (χ2n) is 8.07. The number of carbonyl (C=O) groups is 1. The second-order valence-corrected chi connectivity index (χ2v) is 9.69. The van der Waals surface area contributed by atoms with Gasteiger partial charge in [-0.3, -0.25) is 4.79 Å². The van der Waals surface area contributed by atoms with Crippen LogP contribution < -0.4 is 14.6 Å². The van der Waals surface area contributed by atoms with E-state index in [1.807, 2.05) is 0 Å². The molecule has 168 valence electrons. The SMILES string of the molecule is CC(C)(CCC1Oc2cccc(OC(F)F)c2-c2ccc(CS(N)(=O)=O)cc21)C(=O)O. The van der Waals surface area contributed by atoms with Gasteiger partial charge in [0.05, 0.1) is 16.7 Å². The van der Waals surface area contributed by atoms with Crippen molar-refractivity contribution in [2.24, 2.45) is 10.6 Å². The normalized spacial score (nSPS) is 15.7. The molecule has 3 rings (SSSR count). The number of nitrogens with two attached hydrogens (primary N) is 1. The first-order valence-electron chi connectivity index (χ1n) is 9.49. The van der Waals surface area contributed by atoms with E-state index in [2.05, 4.69) is 4.74 Å². The second kappa shape index (κ2) is 8.43. The van der Waals surface area contributed by atoms with Crippen LogP contribution in [0.15, 0.2) is 36.4 Å². The Morgan fingerprint density at radius 3 is 2.61 bits per heavy atom. The first-order chi connectivity index (χ1) is 14.4. The van der Waals surface area contributed by atoms with Crippen LogP contribution in [0.1, 0.15) is 43.9 Å². The van der Waals surface area contributed by atoms with Crippen molar-refractivity contribution in [2.45, 2.75) is 45.2 Å². The maximum absolute atomic E-state index is 12.9. The summed E-state index contributed by atoms with van der Waals surface area (Å²) < 4.78 is 59.6. The summed E-state index contributed by atoms with van der Waals surface area (Å²) in [6.45, 7) is 0.156. The van der Waals surface area contributed by atoms with Crippen molar-refractivity contribution < 1.29 is 36.6 Å². The molecule has 0 fully saturated rings. The van der Waals surface area contributed by atoms with Gasteiger partial charge >= 0.3 is 12.6 Å². The van der Waals surface area contributed by atoms with E-state index in [4.69, 9.17) is 9.88 Å². The van der Waals surface area contributed by atoms with E-state index in [1.54, 1.807) is 38.1 Å². The van der Waals surface area contributed by atoms with Gasteiger partial charge in [0.2, 0.25) is 10.0 Å². The molecule has 2 aromatic rings. The number of halogens is 2. The molecule has 3 N–H and O–H groups in total. The highest BCUT2D eigenvalue weighted by Crippen LogP contribution is 2.49. The van der Waals surface area contributed by atoms with Crippen LogP contribution >= 0.6 is 0 Å².